The second-order valence-electron chi connectivity index (χ2n) is 2.28. The molecule has 0 radical (unpaired) electrons. The lowest BCUT2D eigenvalue weighted by molar-refractivity contribution is -0.0498. The van der Waals surface area contributed by atoms with Gasteiger partial charge in [-0.25, -0.2) is 0 Å². The molecule has 0 heterocycles. The summed E-state index contributed by atoms with van der Waals surface area (Å²) in [7, 11) is 0. The molecule has 1 aromatic carbocycles. The Morgan fingerprint density at radius 3 is 2.77 bits per heavy atom. The number of hydrogen-bond acceptors (Lipinski definition) is 1. The van der Waals surface area contributed by atoms with Crippen LogP contribution in [0.1, 0.15) is 12.5 Å². The van der Waals surface area contributed by atoms with Crippen LogP contribution in [-0.2, 0) is 0 Å². The van der Waals surface area contributed by atoms with Gasteiger partial charge in [0.2, 0.25) is 0 Å². The zero-order valence-electron chi connectivity index (χ0n) is 7.05. The highest BCUT2D eigenvalue weighted by atomic mass is 19.3. The van der Waals surface area contributed by atoms with Gasteiger partial charge in [0.05, 0.1) is 0 Å². The topological polar surface area (TPSA) is 9.23 Å². The van der Waals surface area contributed by atoms with Crippen LogP contribution in [0.15, 0.2) is 24.3 Å². The fourth-order valence-electron chi connectivity index (χ4n) is 0.894. The van der Waals surface area contributed by atoms with E-state index in [1.165, 1.54) is 12.1 Å². The molecule has 3 heteroatoms. The maximum absolute atomic E-state index is 11.8. The summed E-state index contributed by atoms with van der Waals surface area (Å²) in [4.78, 5) is 0. The molecule has 1 aromatic rings. The molecular weight excluding hydrogens is 174 g/mol. The predicted molar refractivity (Wildman–Crippen MR) is 45.6 cm³/mol. The molecule has 0 N–H and O–H groups in total. The van der Waals surface area contributed by atoms with E-state index in [4.69, 9.17) is 0 Å². The van der Waals surface area contributed by atoms with Gasteiger partial charge in [0.15, 0.2) is 0 Å². The summed E-state index contributed by atoms with van der Waals surface area (Å²) in [6.07, 6.45) is 0. The summed E-state index contributed by atoms with van der Waals surface area (Å²) in [5.41, 5.74) is 0.667. The third-order valence-electron chi connectivity index (χ3n) is 1.33. The number of halogens is 2. The Balaban J connectivity index is 2.83. The molecule has 0 amide bonds. The van der Waals surface area contributed by atoms with Gasteiger partial charge in [0.25, 0.3) is 0 Å². The van der Waals surface area contributed by atoms with E-state index in [2.05, 4.69) is 16.6 Å². The van der Waals surface area contributed by atoms with Crippen molar-refractivity contribution in [3.8, 4) is 17.6 Å². The zero-order chi connectivity index (χ0) is 9.68. The number of hydrogen-bond donors (Lipinski definition) is 0. The summed E-state index contributed by atoms with van der Waals surface area (Å²) >= 11 is 0. The Kier molecular flexibility index (Phi) is 3.27. The zero-order valence-corrected chi connectivity index (χ0v) is 7.05. The minimum absolute atomic E-state index is 0.134. The van der Waals surface area contributed by atoms with Crippen LogP contribution in [-0.4, -0.2) is 6.61 Å². The van der Waals surface area contributed by atoms with Gasteiger partial charge < -0.3 is 4.74 Å². The molecular formula is C10H8F2O. The van der Waals surface area contributed by atoms with E-state index in [0.717, 1.165) is 0 Å². The van der Waals surface area contributed by atoms with Crippen molar-refractivity contribution in [2.45, 2.75) is 13.5 Å². The van der Waals surface area contributed by atoms with Crippen molar-refractivity contribution in [2.24, 2.45) is 0 Å². The van der Waals surface area contributed by atoms with Crippen molar-refractivity contribution >= 4 is 0 Å². The summed E-state index contributed by atoms with van der Waals surface area (Å²) in [5.74, 6) is 5.55. The molecule has 1 nitrogen and oxygen atoms in total. The second kappa shape index (κ2) is 4.46. The third kappa shape index (κ3) is 3.12. The summed E-state index contributed by atoms with van der Waals surface area (Å²) in [6, 6.07) is 6.29. The van der Waals surface area contributed by atoms with Gasteiger partial charge in [0, 0.05) is 5.56 Å². The quantitative estimate of drug-likeness (QED) is 0.639. The Morgan fingerprint density at radius 1 is 1.38 bits per heavy atom. The molecule has 68 valence electrons. The van der Waals surface area contributed by atoms with Crippen molar-refractivity contribution in [3.05, 3.63) is 29.8 Å². The fourth-order valence-corrected chi connectivity index (χ4v) is 0.894. The molecule has 0 aliphatic heterocycles. The minimum atomic E-state index is -2.79. The maximum atomic E-state index is 11.8. The van der Waals surface area contributed by atoms with Gasteiger partial charge in [0.1, 0.15) is 5.75 Å². The number of rotatable bonds is 2. The van der Waals surface area contributed by atoms with Crippen LogP contribution in [0.25, 0.3) is 0 Å². The van der Waals surface area contributed by atoms with E-state index in [-0.39, 0.29) is 5.75 Å². The molecule has 0 unspecified atom stereocenters. The number of alkyl halides is 2. The molecule has 0 saturated heterocycles. The first-order valence-electron chi connectivity index (χ1n) is 3.70. The molecule has 0 bridgehead atoms. The van der Waals surface area contributed by atoms with Crippen molar-refractivity contribution in [2.75, 3.05) is 0 Å². The monoisotopic (exact) mass is 182 g/mol. The van der Waals surface area contributed by atoms with Gasteiger partial charge in [-0.3, -0.25) is 0 Å². The number of benzene rings is 1. The normalized spacial score (nSPS) is 9.23. The highest BCUT2D eigenvalue weighted by Crippen LogP contribution is 2.14. The molecule has 0 fully saturated rings. The Hall–Kier alpha value is -1.56. The molecule has 13 heavy (non-hydrogen) atoms. The summed E-state index contributed by atoms with van der Waals surface area (Å²) < 4.78 is 27.8. The minimum Gasteiger partial charge on any atom is -0.435 e. The van der Waals surface area contributed by atoms with Crippen LogP contribution in [0.2, 0.25) is 0 Å². The average molecular weight is 182 g/mol. The summed E-state index contributed by atoms with van der Waals surface area (Å²) in [6.45, 7) is -1.11. The largest absolute Gasteiger partial charge is 0.435 e. The molecule has 0 spiro atoms. The van der Waals surface area contributed by atoms with Gasteiger partial charge in [-0.1, -0.05) is 12.0 Å². The molecule has 0 aliphatic carbocycles. The first kappa shape index (κ1) is 9.53. The van der Waals surface area contributed by atoms with Crippen LogP contribution in [0.5, 0.6) is 5.75 Å². The molecule has 0 atom stereocenters. The lowest BCUT2D eigenvalue weighted by atomic mass is 10.2. The first-order chi connectivity index (χ1) is 6.22. The van der Waals surface area contributed by atoms with Crippen LogP contribution >= 0.6 is 0 Å². The van der Waals surface area contributed by atoms with Crippen molar-refractivity contribution in [1.82, 2.24) is 0 Å². The van der Waals surface area contributed by atoms with E-state index in [0.29, 0.717) is 5.56 Å². The van der Waals surface area contributed by atoms with Gasteiger partial charge in [-0.15, -0.1) is 5.92 Å². The maximum Gasteiger partial charge on any atom is 0.387 e. The van der Waals surface area contributed by atoms with Crippen molar-refractivity contribution < 1.29 is 13.5 Å². The lowest BCUT2D eigenvalue weighted by Gasteiger charge is -2.03. The fraction of sp³-hybridized carbons (Fsp3) is 0.200. The molecule has 0 aromatic heterocycles. The third-order valence-corrected chi connectivity index (χ3v) is 1.33. The smallest absolute Gasteiger partial charge is 0.387 e. The van der Waals surface area contributed by atoms with Gasteiger partial charge >= 0.3 is 6.61 Å². The predicted octanol–water partition coefficient (Wildman–Crippen LogP) is 2.66. The van der Waals surface area contributed by atoms with Crippen LogP contribution in [0.4, 0.5) is 8.78 Å². The second-order valence-corrected chi connectivity index (χ2v) is 2.28. The molecule has 0 aliphatic rings. The van der Waals surface area contributed by atoms with Crippen LogP contribution in [0.3, 0.4) is 0 Å². The summed E-state index contributed by atoms with van der Waals surface area (Å²) in [5, 5.41) is 0. The number of ether oxygens (including phenoxy) is 1. The first-order valence-corrected chi connectivity index (χ1v) is 3.70. The van der Waals surface area contributed by atoms with Gasteiger partial charge in [-0.05, 0) is 25.1 Å². The SMILES string of the molecule is CC#Cc1cccc(OC(F)F)c1. The van der Waals surface area contributed by atoms with E-state index in [1.807, 2.05) is 0 Å². The standard InChI is InChI=1S/C10H8F2O/c1-2-4-8-5-3-6-9(7-8)13-10(11)12/h3,5-7,10H,1H3. The Morgan fingerprint density at radius 2 is 2.15 bits per heavy atom. The van der Waals surface area contributed by atoms with E-state index >= 15 is 0 Å². The Labute approximate surface area is 75.3 Å². The van der Waals surface area contributed by atoms with Crippen LogP contribution < -0.4 is 4.74 Å². The average Bonchev–Trinajstić information content (AvgIpc) is 2.04. The highest BCUT2D eigenvalue weighted by Gasteiger charge is 2.03. The molecule has 0 saturated carbocycles. The van der Waals surface area contributed by atoms with Crippen molar-refractivity contribution in [1.29, 1.82) is 0 Å². The highest BCUT2D eigenvalue weighted by molar-refractivity contribution is 5.39. The molecule has 1 rings (SSSR count). The van der Waals surface area contributed by atoms with E-state index in [9.17, 15) is 8.78 Å². The lowest BCUT2D eigenvalue weighted by Crippen LogP contribution is -2.01. The van der Waals surface area contributed by atoms with Gasteiger partial charge in [-0.2, -0.15) is 8.78 Å². The van der Waals surface area contributed by atoms with E-state index < -0.39 is 6.61 Å². The van der Waals surface area contributed by atoms with Crippen LogP contribution in [0, 0.1) is 11.8 Å². The van der Waals surface area contributed by atoms with Crippen molar-refractivity contribution in [3.63, 3.8) is 0 Å². The van der Waals surface area contributed by atoms with E-state index in [1.54, 1.807) is 19.1 Å². The Bertz CT molecular complexity index is 336.